The van der Waals surface area contributed by atoms with Gasteiger partial charge in [-0.3, -0.25) is 9.20 Å². The molecule has 0 N–H and O–H groups in total. The van der Waals surface area contributed by atoms with Crippen molar-refractivity contribution in [3.05, 3.63) is 62.5 Å². The fourth-order valence-electron chi connectivity index (χ4n) is 2.33. The third-order valence-corrected chi connectivity index (χ3v) is 3.72. The van der Waals surface area contributed by atoms with Gasteiger partial charge in [0, 0.05) is 12.3 Å². The number of ether oxygens (including phenoxy) is 1. The van der Waals surface area contributed by atoms with Gasteiger partial charge in [0.2, 0.25) is 0 Å². The van der Waals surface area contributed by atoms with Crippen molar-refractivity contribution in [3.63, 3.8) is 0 Å². The molecule has 0 atom stereocenters. The number of fused-ring (bicyclic) bond motifs is 1. The van der Waals surface area contributed by atoms with E-state index in [2.05, 4.69) is 10.1 Å². The molecule has 0 aliphatic rings. The molecule has 0 aromatic carbocycles. The highest BCUT2D eigenvalue weighted by molar-refractivity contribution is 6.30. The molecule has 0 bridgehead atoms. The number of hydrogen-bond donors (Lipinski definition) is 0. The summed E-state index contributed by atoms with van der Waals surface area (Å²) >= 11 is 5.86. The zero-order valence-electron chi connectivity index (χ0n) is 13.1. The summed E-state index contributed by atoms with van der Waals surface area (Å²) in [5.41, 5.74) is 1.33. The van der Waals surface area contributed by atoms with Crippen LogP contribution in [0.2, 0.25) is 5.02 Å². The van der Waals surface area contributed by atoms with Crippen LogP contribution in [0.4, 0.5) is 0 Å². The van der Waals surface area contributed by atoms with Gasteiger partial charge in [0.05, 0.1) is 16.4 Å². The molecule has 3 rings (SSSR count). The molecule has 0 unspecified atom stereocenters. The molecule has 0 fully saturated rings. The average Bonchev–Trinajstić information content (AvgIpc) is 2.94. The largest absolute Gasteiger partial charge is 0.455 e. The molecule has 0 aliphatic heterocycles. The van der Waals surface area contributed by atoms with Crippen molar-refractivity contribution in [1.82, 2.24) is 14.5 Å². The molecule has 124 valence electrons. The molecular weight excluding hydrogens is 334 g/mol. The van der Waals surface area contributed by atoms with Crippen molar-refractivity contribution >= 4 is 23.2 Å². The normalized spacial score (nSPS) is 11.0. The molecule has 0 radical (unpaired) electrons. The third kappa shape index (κ3) is 3.03. The van der Waals surface area contributed by atoms with Crippen LogP contribution in [0.15, 0.2) is 33.7 Å². The van der Waals surface area contributed by atoms with Crippen molar-refractivity contribution in [1.29, 1.82) is 0 Å². The molecule has 7 nitrogen and oxygen atoms in total. The fourth-order valence-corrected chi connectivity index (χ4v) is 2.49. The fraction of sp³-hybridized carbons (Fsp3) is 0.250. The van der Waals surface area contributed by atoms with Gasteiger partial charge in [0.25, 0.3) is 5.56 Å². The molecule has 0 saturated carbocycles. The zero-order valence-corrected chi connectivity index (χ0v) is 13.8. The first-order valence-electron chi connectivity index (χ1n) is 7.29. The zero-order chi connectivity index (χ0) is 17.3. The molecule has 0 saturated heterocycles. The minimum Gasteiger partial charge on any atom is -0.455 e. The van der Waals surface area contributed by atoms with Crippen LogP contribution in [0, 0.1) is 6.92 Å². The van der Waals surface area contributed by atoms with E-state index < -0.39 is 5.97 Å². The number of nitrogens with zero attached hydrogens (tertiary/aromatic N) is 3. The number of aryl methyl sites for hydroxylation is 2. The van der Waals surface area contributed by atoms with E-state index in [0.717, 1.165) is 0 Å². The smallest absolute Gasteiger partial charge is 0.344 e. The van der Waals surface area contributed by atoms with Gasteiger partial charge in [-0.1, -0.05) is 23.7 Å². The Bertz CT molecular complexity index is 977. The third-order valence-electron chi connectivity index (χ3n) is 3.50. The van der Waals surface area contributed by atoms with Crippen LogP contribution in [-0.4, -0.2) is 20.5 Å². The number of aromatic nitrogens is 3. The lowest BCUT2D eigenvalue weighted by molar-refractivity contribution is 0.0464. The summed E-state index contributed by atoms with van der Waals surface area (Å²) < 4.78 is 11.6. The van der Waals surface area contributed by atoms with Gasteiger partial charge in [0.1, 0.15) is 23.6 Å². The maximum absolute atomic E-state index is 12.2. The molecule has 24 heavy (non-hydrogen) atoms. The van der Waals surface area contributed by atoms with E-state index in [9.17, 15) is 9.59 Å². The van der Waals surface area contributed by atoms with Crippen molar-refractivity contribution in [2.75, 3.05) is 0 Å². The van der Waals surface area contributed by atoms with E-state index in [-0.39, 0.29) is 12.2 Å². The van der Waals surface area contributed by atoms with E-state index in [4.69, 9.17) is 20.9 Å². The Labute approximate surface area is 141 Å². The van der Waals surface area contributed by atoms with E-state index in [1.165, 1.54) is 16.7 Å². The molecule has 3 heterocycles. The summed E-state index contributed by atoms with van der Waals surface area (Å²) in [7, 11) is 0. The SMILES string of the molecule is CCc1noc(C)c1C(=O)OCc1cc(=O)n2cc(Cl)ccc2n1. The van der Waals surface area contributed by atoms with E-state index in [1.54, 1.807) is 19.1 Å². The first kappa shape index (κ1) is 16.2. The topological polar surface area (TPSA) is 86.7 Å². The summed E-state index contributed by atoms with van der Waals surface area (Å²) in [5.74, 6) is -0.151. The van der Waals surface area contributed by atoms with Crippen LogP contribution in [0.1, 0.15) is 34.4 Å². The molecule has 0 aliphatic carbocycles. The highest BCUT2D eigenvalue weighted by Gasteiger charge is 2.20. The molecule has 8 heteroatoms. The number of carbonyl (C=O) groups excluding carboxylic acids is 1. The van der Waals surface area contributed by atoms with Gasteiger partial charge in [0.15, 0.2) is 0 Å². The standard InChI is InChI=1S/C16H14ClN3O4/c1-3-12-15(9(2)24-19-12)16(22)23-8-11-6-14(21)20-7-10(17)4-5-13(20)18-11/h4-7H,3,8H2,1-2H3. The van der Waals surface area contributed by atoms with Gasteiger partial charge in [-0.2, -0.15) is 0 Å². The molecule has 3 aromatic heterocycles. The highest BCUT2D eigenvalue weighted by Crippen LogP contribution is 2.16. The predicted octanol–water partition coefficient (Wildman–Crippen LogP) is 2.56. The van der Waals surface area contributed by atoms with Gasteiger partial charge in [-0.05, 0) is 25.5 Å². The number of pyridine rings is 1. The summed E-state index contributed by atoms with van der Waals surface area (Å²) in [6.45, 7) is 3.39. The Balaban J connectivity index is 1.83. The highest BCUT2D eigenvalue weighted by atomic mass is 35.5. The molecule has 0 amide bonds. The van der Waals surface area contributed by atoms with Gasteiger partial charge < -0.3 is 9.26 Å². The van der Waals surface area contributed by atoms with E-state index >= 15 is 0 Å². The molecule has 3 aromatic rings. The number of halogens is 1. The summed E-state index contributed by atoms with van der Waals surface area (Å²) in [6, 6.07) is 4.55. The van der Waals surface area contributed by atoms with Crippen LogP contribution in [0.25, 0.3) is 5.65 Å². The number of hydrogen-bond acceptors (Lipinski definition) is 6. The Morgan fingerprint density at radius 1 is 1.42 bits per heavy atom. The second-order valence-electron chi connectivity index (χ2n) is 5.15. The minimum atomic E-state index is -0.552. The average molecular weight is 348 g/mol. The minimum absolute atomic E-state index is 0.124. The monoisotopic (exact) mass is 347 g/mol. The Morgan fingerprint density at radius 2 is 2.21 bits per heavy atom. The second kappa shape index (κ2) is 6.45. The van der Waals surface area contributed by atoms with Gasteiger partial charge in [-0.15, -0.1) is 0 Å². The maximum Gasteiger partial charge on any atom is 0.344 e. The Kier molecular flexibility index (Phi) is 4.35. The quantitative estimate of drug-likeness (QED) is 0.674. The summed E-state index contributed by atoms with van der Waals surface area (Å²) in [4.78, 5) is 28.6. The lowest BCUT2D eigenvalue weighted by Gasteiger charge is -2.06. The van der Waals surface area contributed by atoms with Crippen molar-refractivity contribution in [2.45, 2.75) is 26.9 Å². The first-order valence-corrected chi connectivity index (χ1v) is 7.67. The number of rotatable bonds is 4. The Morgan fingerprint density at radius 3 is 2.96 bits per heavy atom. The lowest BCUT2D eigenvalue weighted by Crippen LogP contribution is -2.17. The summed E-state index contributed by atoms with van der Waals surface area (Å²) in [6.07, 6.45) is 2.04. The molecular formula is C16H14ClN3O4. The Hall–Kier alpha value is -2.67. The van der Waals surface area contributed by atoms with E-state index in [1.807, 2.05) is 6.92 Å². The predicted molar refractivity (Wildman–Crippen MR) is 86.2 cm³/mol. The van der Waals surface area contributed by atoms with Crippen LogP contribution in [0.3, 0.4) is 0 Å². The lowest BCUT2D eigenvalue weighted by atomic mass is 10.1. The number of esters is 1. The number of carbonyl (C=O) groups is 1. The van der Waals surface area contributed by atoms with Gasteiger partial charge in [-0.25, -0.2) is 9.78 Å². The van der Waals surface area contributed by atoms with Crippen molar-refractivity contribution < 1.29 is 14.1 Å². The van der Waals surface area contributed by atoms with Crippen molar-refractivity contribution in [2.24, 2.45) is 0 Å². The van der Waals surface area contributed by atoms with Gasteiger partial charge >= 0.3 is 5.97 Å². The van der Waals surface area contributed by atoms with Crippen LogP contribution >= 0.6 is 11.6 Å². The van der Waals surface area contributed by atoms with Crippen molar-refractivity contribution in [3.8, 4) is 0 Å². The van der Waals surface area contributed by atoms with Crippen LogP contribution < -0.4 is 5.56 Å². The molecule has 0 spiro atoms. The second-order valence-corrected chi connectivity index (χ2v) is 5.59. The van der Waals surface area contributed by atoms with Crippen LogP contribution in [0.5, 0.6) is 0 Å². The summed E-state index contributed by atoms with van der Waals surface area (Å²) in [5, 5.41) is 4.25. The van der Waals surface area contributed by atoms with E-state index in [0.29, 0.717) is 39.8 Å². The first-order chi connectivity index (χ1) is 11.5. The van der Waals surface area contributed by atoms with Crippen LogP contribution in [-0.2, 0) is 17.8 Å². The maximum atomic E-state index is 12.2.